The molecule has 0 spiro atoms. The maximum atomic E-state index is 12.9. The zero-order valence-corrected chi connectivity index (χ0v) is 13.3. The van der Waals surface area contributed by atoms with Crippen LogP contribution in [0.15, 0.2) is 24.3 Å². The molecule has 2 heterocycles. The van der Waals surface area contributed by atoms with Crippen LogP contribution in [-0.2, 0) is 12.7 Å². The summed E-state index contributed by atoms with van der Waals surface area (Å²) in [6.45, 7) is 5.24. The summed E-state index contributed by atoms with van der Waals surface area (Å²) in [5, 5.41) is 14.9. The van der Waals surface area contributed by atoms with E-state index in [2.05, 4.69) is 32.7 Å². The summed E-state index contributed by atoms with van der Waals surface area (Å²) in [5.41, 5.74) is -0.400. The summed E-state index contributed by atoms with van der Waals surface area (Å²) in [6.07, 6.45) is -3.41. The fourth-order valence-electron chi connectivity index (χ4n) is 2.91. The Morgan fingerprint density at radius 2 is 2.17 bits per heavy atom. The Labute approximate surface area is 137 Å². The van der Waals surface area contributed by atoms with E-state index in [1.165, 1.54) is 10.7 Å². The van der Waals surface area contributed by atoms with Crippen LogP contribution in [0.5, 0.6) is 0 Å². The van der Waals surface area contributed by atoms with E-state index >= 15 is 0 Å². The lowest BCUT2D eigenvalue weighted by Gasteiger charge is -2.35. The number of alkyl halides is 3. The van der Waals surface area contributed by atoms with Gasteiger partial charge in [0.25, 0.3) is 0 Å². The number of hydrogen-bond donors (Lipinski definition) is 1. The van der Waals surface area contributed by atoms with Gasteiger partial charge in [0.1, 0.15) is 0 Å². The molecule has 1 aliphatic rings. The normalized spacial score (nSPS) is 19.6. The highest BCUT2D eigenvalue weighted by molar-refractivity contribution is 5.36. The van der Waals surface area contributed by atoms with Crippen LogP contribution in [0, 0.1) is 0 Å². The Balaban J connectivity index is 1.85. The Morgan fingerprint density at radius 3 is 2.92 bits per heavy atom. The van der Waals surface area contributed by atoms with Gasteiger partial charge < -0.3 is 5.32 Å². The molecule has 0 radical (unpaired) electrons. The zero-order chi connectivity index (χ0) is 17.2. The van der Waals surface area contributed by atoms with Crippen molar-refractivity contribution in [3.05, 3.63) is 35.7 Å². The molecule has 9 heteroatoms. The number of nitrogens with one attached hydrogen (secondary N) is 1. The fraction of sp³-hybridized carbons (Fsp3) is 0.533. The quantitative estimate of drug-likeness (QED) is 0.921. The van der Waals surface area contributed by atoms with Gasteiger partial charge >= 0.3 is 6.18 Å². The molecule has 1 aliphatic heterocycles. The zero-order valence-electron chi connectivity index (χ0n) is 13.3. The van der Waals surface area contributed by atoms with E-state index < -0.39 is 11.7 Å². The van der Waals surface area contributed by atoms with E-state index in [0.29, 0.717) is 24.1 Å². The van der Waals surface area contributed by atoms with Gasteiger partial charge in [0.2, 0.25) is 0 Å². The molecule has 6 nitrogen and oxygen atoms in total. The molecule has 0 bridgehead atoms. The van der Waals surface area contributed by atoms with Gasteiger partial charge in [-0.15, -0.1) is 5.10 Å². The molecule has 24 heavy (non-hydrogen) atoms. The van der Waals surface area contributed by atoms with E-state index in [1.54, 1.807) is 6.07 Å². The topological polar surface area (TPSA) is 58.9 Å². The van der Waals surface area contributed by atoms with Crippen LogP contribution in [0.4, 0.5) is 13.2 Å². The Bertz CT molecular complexity index is 684. The third kappa shape index (κ3) is 3.57. The van der Waals surface area contributed by atoms with E-state index in [-0.39, 0.29) is 0 Å². The Morgan fingerprint density at radius 1 is 1.33 bits per heavy atom. The second-order valence-corrected chi connectivity index (χ2v) is 5.79. The van der Waals surface area contributed by atoms with Crippen LogP contribution < -0.4 is 5.32 Å². The standard InChI is InChI=1S/C15H19F3N6/c1-2-12-9-19-6-7-23(12)10-14-20-21-22-24(14)13-5-3-4-11(8-13)15(16,17)18/h3-5,8,12,19H,2,6-7,9-10H2,1H3/t12-/m1/s1. The maximum absolute atomic E-state index is 12.9. The average Bonchev–Trinajstić information content (AvgIpc) is 3.03. The number of benzene rings is 1. The highest BCUT2D eigenvalue weighted by Crippen LogP contribution is 2.30. The molecule has 2 aromatic rings. The van der Waals surface area contributed by atoms with Gasteiger partial charge in [-0.1, -0.05) is 13.0 Å². The molecular formula is C15H19F3N6. The van der Waals surface area contributed by atoms with E-state index in [4.69, 9.17) is 0 Å². The number of nitrogens with zero attached hydrogens (tertiary/aromatic N) is 5. The first kappa shape index (κ1) is 16.8. The Kier molecular flexibility index (Phi) is 4.81. The molecule has 0 amide bonds. The summed E-state index contributed by atoms with van der Waals surface area (Å²) in [5.74, 6) is 0.537. The van der Waals surface area contributed by atoms with Crippen molar-refractivity contribution >= 4 is 0 Å². The van der Waals surface area contributed by atoms with Crippen molar-refractivity contribution in [2.75, 3.05) is 19.6 Å². The lowest BCUT2D eigenvalue weighted by Crippen LogP contribution is -2.50. The fourth-order valence-corrected chi connectivity index (χ4v) is 2.91. The average molecular weight is 340 g/mol. The molecule has 1 atom stereocenters. The summed E-state index contributed by atoms with van der Waals surface area (Å²) < 4.78 is 40.1. The van der Waals surface area contributed by atoms with Crippen LogP contribution in [0.25, 0.3) is 5.69 Å². The van der Waals surface area contributed by atoms with Crippen molar-refractivity contribution in [1.82, 2.24) is 30.4 Å². The number of hydrogen-bond acceptors (Lipinski definition) is 5. The molecule has 0 unspecified atom stereocenters. The SMILES string of the molecule is CC[C@@H]1CNCCN1Cc1nnnn1-c1cccc(C(F)(F)F)c1. The van der Waals surface area contributed by atoms with Crippen molar-refractivity contribution in [3.63, 3.8) is 0 Å². The monoisotopic (exact) mass is 340 g/mol. The van der Waals surface area contributed by atoms with Crippen molar-refractivity contribution in [2.24, 2.45) is 0 Å². The summed E-state index contributed by atoms with van der Waals surface area (Å²) >= 11 is 0. The molecule has 130 valence electrons. The van der Waals surface area contributed by atoms with Crippen LogP contribution in [-0.4, -0.2) is 50.8 Å². The lowest BCUT2D eigenvalue weighted by molar-refractivity contribution is -0.137. The smallest absolute Gasteiger partial charge is 0.314 e. The number of halogens is 3. The van der Waals surface area contributed by atoms with Crippen molar-refractivity contribution < 1.29 is 13.2 Å². The maximum Gasteiger partial charge on any atom is 0.416 e. The van der Waals surface area contributed by atoms with E-state index in [1.807, 2.05) is 0 Å². The van der Waals surface area contributed by atoms with Crippen LogP contribution in [0.1, 0.15) is 24.7 Å². The van der Waals surface area contributed by atoms with Gasteiger partial charge in [-0.25, -0.2) is 0 Å². The van der Waals surface area contributed by atoms with Gasteiger partial charge in [0.05, 0.1) is 17.8 Å². The van der Waals surface area contributed by atoms with E-state index in [9.17, 15) is 13.2 Å². The minimum atomic E-state index is -4.39. The van der Waals surface area contributed by atoms with Crippen molar-refractivity contribution in [3.8, 4) is 5.69 Å². The highest BCUT2D eigenvalue weighted by Gasteiger charge is 2.31. The molecule has 1 fully saturated rings. The molecule has 0 saturated carbocycles. The second-order valence-electron chi connectivity index (χ2n) is 5.79. The highest BCUT2D eigenvalue weighted by atomic mass is 19.4. The molecule has 1 aromatic heterocycles. The van der Waals surface area contributed by atoms with Gasteiger partial charge in [0, 0.05) is 25.7 Å². The molecule has 1 aromatic carbocycles. The first-order valence-corrected chi connectivity index (χ1v) is 7.88. The molecule has 1 saturated heterocycles. The first-order valence-electron chi connectivity index (χ1n) is 7.88. The van der Waals surface area contributed by atoms with Crippen LogP contribution in [0.2, 0.25) is 0 Å². The number of rotatable bonds is 4. The third-order valence-corrected chi connectivity index (χ3v) is 4.24. The van der Waals surface area contributed by atoms with Crippen molar-refractivity contribution in [1.29, 1.82) is 0 Å². The second kappa shape index (κ2) is 6.86. The van der Waals surface area contributed by atoms with Crippen LogP contribution in [0.3, 0.4) is 0 Å². The van der Waals surface area contributed by atoms with Crippen molar-refractivity contribution in [2.45, 2.75) is 32.1 Å². The lowest BCUT2D eigenvalue weighted by atomic mass is 10.1. The molecule has 0 aliphatic carbocycles. The minimum absolute atomic E-state index is 0.313. The number of tetrazole rings is 1. The minimum Gasteiger partial charge on any atom is -0.314 e. The van der Waals surface area contributed by atoms with E-state index in [0.717, 1.165) is 38.2 Å². The number of aromatic nitrogens is 4. The molecular weight excluding hydrogens is 321 g/mol. The van der Waals surface area contributed by atoms with Gasteiger partial charge in [-0.2, -0.15) is 17.9 Å². The molecule has 1 N–H and O–H groups in total. The summed E-state index contributed by atoms with van der Waals surface area (Å²) in [4.78, 5) is 2.26. The van der Waals surface area contributed by atoms with Gasteiger partial charge in [0.15, 0.2) is 5.82 Å². The van der Waals surface area contributed by atoms with Gasteiger partial charge in [-0.05, 0) is 35.0 Å². The molecule has 3 rings (SSSR count). The largest absolute Gasteiger partial charge is 0.416 e. The summed E-state index contributed by atoms with van der Waals surface area (Å²) in [7, 11) is 0. The van der Waals surface area contributed by atoms with Gasteiger partial charge in [-0.3, -0.25) is 4.90 Å². The first-order chi connectivity index (χ1) is 11.5. The predicted octanol–water partition coefficient (Wildman–Crippen LogP) is 1.86. The summed E-state index contributed by atoms with van der Waals surface area (Å²) in [6, 6.07) is 5.41. The third-order valence-electron chi connectivity index (χ3n) is 4.24. The van der Waals surface area contributed by atoms with Crippen LogP contribution >= 0.6 is 0 Å². The Hall–Kier alpha value is -2.00. The predicted molar refractivity (Wildman–Crippen MR) is 81.5 cm³/mol. The number of piperazine rings is 1.